The van der Waals surface area contributed by atoms with Crippen molar-refractivity contribution in [3.05, 3.63) is 60.0 Å². The number of aromatic nitrogens is 3. The van der Waals surface area contributed by atoms with Gasteiger partial charge in [0.15, 0.2) is 0 Å². The van der Waals surface area contributed by atoms with Gasteiger partial charge in [-0.3, -0.25) is 4.79 Å². The molecular weight excluding hydrogens is 292 g/mol. The van der Waals surface area contributed by atoms with E-state index < -0.39 is 0 Å². The van der Waals surface area contributed by atoms with E-state index in [9.17, 15) is 4.79 Å². The maximum absolute atomic E-state index is 12.4. The van der Waals surface area contributed by atoms with Crippen molar-refractivity contribution in [2.24, 2.45) is 0 Å². The highest BCUT2D eigenvalue weighted by Gasteiger charge is 2.16. The first-order valence-electron chi connectivity index (χ1n) is 7.11. The number of hydrogen-bond donors (Lipinski definition) is 2. The monoisotopic (exact) mass is 308 g/mol. The molecule has 3 aromatic rings. The Morgan fingerprint density at radius 2 is 1.96 bits per heavy atom. The molecule has 0 unspecified atom stereocenters. The quantitative estimate of drug-likeness (QED) is 0.776. The summed E-state index contributed by atoms with van der Waals surface area (Å²) in [5.41, 5.74) is 2.59. The topological polar surface area (TPSA) is 79.9 Å². The van der Waals surface area contributed by atoms with Gasteiger partial charge in [0.1, 0.15) is 11.5 Å². The number of benzene rings is 1. The minimum Gasteiger partial charge on any atom is -0.481 e. The Morgan fingerprint density at radius 1 is 1.17 bits per heavy atom. The molecule has 0 saturated carbocycles. The average Bonchev–Trinajstić information content (AvgIpc) is 2.98. The Kier molecular flexibility index (Phi) is 4.05. The van der Waals surface area contributed by atoms with Crippen molar-refractivity contribution in [3.8, 4) is 17.3 Å². The van der Waals surface area contributed by atoms with E-state index in [2.05, 4.69) is 20.3 Å². The summed E-state index contributed by atoms with van der Waals surface area (Å²) in [5, 5.41) is 2.78. The summed E-state index contributed by atoms with van der Waals surface area (Å²) in [6.07, 6.45) is 1.54. The van der Waals surface area contributed by atoms with Crippen LogP contribution < -0.4 is 10.1 Å². The van der Waals surface area contributed by atoms with Gasteiger partial charge >= 0.3 is 0 Å². The molecule has 0 aliphatic rings. The lowest BCUT2D eigenvalue weighted by atomic mass is 10.2. The van der Waals surface area contributed by atoms with Gasteiger partial charge in [-0.15, -0.1) is 0 Å². The number of imidazole rings is 1. The van der Waals surface area contributed by atoms with E-state index in [1.54, 1.807) is 19.2 Å². The fraction of sp³-hybridized carbons (Fsp3) is 0.118. The SMILES string of the molecule is COc1ccc(NC(=O)c2nc(-c3ccccc3)[nH]c2C)cn1. The lowest BCUT2D eigenvalue weighted by Crippen LogP contribution is -2.13. The number of methoxy groups -OCH3 is 1. The number of H-pyrrole nitrogens is 1. The summed E-state index contributed by atoms with van der Waals surface area (Å²) in [6, 6.07) is 13.1. The third-order valence-electron chi connectivity index (χ3n) is 3.35. The van der Waals surface area contributed by atoms with Gasteiger partial charge in [0.05, 0.1) is 19.0 Å². The zero-order chi connectivity index (χ0) is 16.2. The third-order valence-corrected chi connectivity index (χ3v) is 3.35. The number of amides is 1. The molecule has 23 heavy (non-hydrogen) atoms. The second-order valence-corrected chi connectivity index (χ2v) is 4.97. The number of carbonyl (C=O) groups is 1. The molecule has 0 atom stereocenters. The van der Waals surface area contributed by atoms with Crippen LogP contribution in [0.3, 0.4) is 0 Å². The number of anilines is 1. The van der Waals surface area contributed by atoms with Crippen LogP contribution in [0.15, 0.2) is 48.7 Å². The molecule has 2 heterocycles. The van der Waals surface area contributed by atoms with Gasteiger partial charge in [0, 0.05) is 17.3 Å². The predicted octanol–water partition coefficient (Wildman–Crippen LogP) is 3.04. The molecule has 3 rings (SSSR count). The molecule has 116 valence electrons. The van der Waals surface area contributed by atoms with E-state index in [1.807, 2.05) is 37.3 Å². The van der Waals surface area contributed by atoms with Gasteiger partial charge in [-0.1, -0.05) is 30.3 Å². The number of nitrogens with one attached hydrogen (secondary N) is 2. The van der Waals surface area contributed by atoms with E-state index in [1.165, 1.54) is 6.20 Å². The van der Waals surface area contributed by atoms with Crippen molar-refractivity contribution < 1.29 is 9.53 Å². The first-order valence-corrected chi connectivity index (χ1v) is 7.11. The van der Waals surface area contributed by atoms with Gasteiger partial charge in [0.25, 0.3) is 5.91 Å². The summed E-state index contributed by atoms with van der Waals surface area (Å²) in [6.45, 7) is 1.82. The van der Waals surface area contributed by atoms with Crippen molar-refractivity contribution in [2.75, 3.05) is 12.4 Å². The number of aryl methyl sites for hydroxylation is 1. The smallest absolute Gasteiger partial charge is 0.276 e. The molecule has 0 spiro atoms. The lowest BCUT2D eigenvalue weighted by Gasteiger charge is -2.04. The first-order chi connectivity index (χ1) is 11.2. The minimum atomic E-state index is -0.284. The molecule has 2 aromatic heterocycles. The minimum absolute atomic E-state index is 0.284. The van der Waals surface area contributed by atoms with E-state index in [0.717, 1.165) is 5.56 Å². The van der Waals surface area contributed by atoms with E-state index in [-0.39, 0.29) is 5.91 Å². The van der Waals surface area contributed by atoms with E-state index >= 15 is 0 Å². The van der Waals surface area contributed by atoms with Crippen molar-refractivity contribution in [1.29, 1.82) is 0 Å². The maximum atomic E-state index is 12.4. The maximum Gasteiger partial charge on any atom is 0.276 e. The van der Waals surface area contributed by atoms with Crippen LogP contribution in [-0.4, -0.2) is 28.0 Å². The molecule has 1 aromatic carbocycles. The van der Waals surface area contributed by atoms with Crippen LogP contribution in [-0.2, 0) is 0 Å². The summed E-state index contributed by atoms with van der Waals surface area (Å²) >= 11 is 0. The Hall–Kier alpha value is -3.15. The molecule has 1 amide bonds. The number of hydrogen-bond acceptors (Lipinski definition) is 4. The molecule has 0 saturated heterocycles. The van der Waals surface area contributed by atoms with E-state index in [0.29, 0.717) is 28.8 Å². The molecule has 0 fully saturated rings. The summed E-state index contributed by atoms with van der Waals surface area (Å²) in [7, 11) is 1.54. The van der Waals surface area contributed by atoms with Gasteiger partial charge in [0.2, 0.25) is 5.88 Å². The predicted molar refractivity (Wildman–Crippen MR) is 87.5 cm³/mol. The largest absolute Gasteiger partial charge is 0.481 e. The zero-order valence-corrected chi connectivity index (χ0v) is 12.8. The highest BCUT2D eigenvalue weighted by atomic mass is 16.5. The molecule has 0 radical (unpaired) electrons. The van der Waals surface area contributed by atoms with Crippen LogP contribution in [0.25, 0.3) is 11.4 Å². The van der Waals surface area contributed by atoms with Crippen LogP contribution in [0, 0.1) is 6.92 Å². The number of aromatic amines is 1. The van der Waals surface area contributed by atoms with E-state index in [4.69, 9.17) is 4.74 Å². The Bertz CT molecular complexity index is 810. The van der Waals surface area contributed by atoms with Crippen molar-refractivity contribution in [1.82, 2.24) is 15.0 Å². The Balaban J connectivity index is 1.81. The Labute approximate surface area is 133 Å². The molecule has 0 bridgehead atoms. The highest BCUT2D eigenvalue weighted by molar-refractivity contribution is 6.03. The zero-order valence-electron chi connectivity index (χ0n) is 12.8. The fourth-order valence-corrected chi connectivity index (χ4v) is 2.18. The number of carbonyl (C=O) groups excluding carboxylic acids is 1. The molecule has 6 heteroatoms. The van der Waals surface area contributed by atoms with Gasteiger partial charge in [-0.2, -0.15) is 0 Å². The molecule has 0 aliphatic carbocycles. The second kappa shape index (κ2) is 6.31. The fourth-order valence-electron chi connectivity index (χ4n) is 2.18. The number of nitrogens with zero attached hydrogens (tertiary/aromatic N) is 2. The standard InChI is InChI=1S/C17H16N4O2/c1-11-15(21-16(19-11)12-6-4-3-5-7-12)17(22)20-13-8-9-14(23-2)18-10-13/h3-10H,1-2H3,(H,19,21)(H,20,22). The first kappa shape index (κ1) is 14.8. The van der Waals surface area contributed by atoms with Crippen LogP contribution >= 0.6 is 0 Å². The second-order valence-electron chi connectivity index (χ2n) is 4.97. The number of pyridine rings is 1. The summed E-state index contributed by atoms with van der Waals surface area (Å²) in [4.78, 5) is 24.0. The molecule has 2 N–H and O–H groups in total. The average molecular weight is 308 g/mol. The van der Waals surface area contributed by atoms with Crippen molar-refractivity contribution >= 4 is 11.6 Å². The normalized spacial score (nSPS) is 10.3. The Morgan fingerprint density at radius 3 is 2.61 bits per heavy atom. The van der Waals surface area contributed by atoms with Gasteiger partial charge in [-0.05, 0) is 13.0 Å². The molecule has 0 aliphatic heterocycles. The lowest BCUT2D eigenvalue weighted by molar-refractivity contribution is 0.102. The molecule has 6 nitrogen and oxygen atoms in total. The summed E-state index contributed by atoms with van der Waals surface area (Å²) in [5.74, 6) is 0.874. The number of ether oxygens (including phenoxy) is 1. The van der Waals surface area contributed by atoms with Gasteiger partial charge in [-0.25, -0.2) is 9.97 Å². The van der Waals surface area contributed by atoms with Crippen LogP contribution in [0.5, 0.6) is 5.88 Å². The summed E-state index contributed by atoms with van der Waals surface area (Å²) < 4.78 is 4.99. The number of rotatable bonds is 4. The van der Waals surface area contributed by atoms with Crippen LogP contribution in [0.1, 0.15) is 16.2 Å². The highest BCUT2D eigenvalue weighted by Crippen LogP contribution is 2.19. The van der Waals surface area contributed by atoms with Gasteiger partial charge < -0.3 is 15.0 Å². The van der Waals surface area contributed by atoms with Crippen molar-refractivity contribution in [2.45, 2.75) is 6.92 Å². The third kappa shape index (κ3) is 3.21. The van der Waals surface area contributed by atoms with Crippen LogP contribution in [0.2, 0.25) is 0 Å². The molecular formula is C17H16N4O2. The van der Waals surface area contributed by atoms with Crippen molar-refractivity contribution in [3.63, 3.8) is 0 Å². The van der Waals surface area contributed by atoms with Crippen LogP contribution in [0.4, 0.5) is 5.69 Å².